The first-order chi connectivity index (χ1) is 22.7. The highest BCUT2D eigenvalue weighted by Gasteiger charge is 2.45. The number of benzene rings is 2. The van der Waals surface area contributed by atoms with E-state index in [1.54, 1.807) is 17.2 Å². The van der Waals surface area contributed by atoms with Crippen LogP contribution in [0.25, 0.3) is 11.0 Å². The van der Waals surface area contributed by atoms with Gasteiger partial charge in [-0.2, -0.15) is 4.98 Å². The molecule has 4 N–H and O–H groups in total. The standard InChI is InChI=1S/C31H30N6O9S/c32-29(38)19-2-1-3-26(28(19)36-22-10-17-4-7-33-30(17)35-31(22)46-25-15-44-14-23(25)36)47(41,42)18-11-21(37(39)40)27-24(12-18)45-13-20(34-27)16-5-8-43-9-6-16/h1-4,7,10-12,16,20,23,25,34H,5-6,8-9,13-15H2,(H2,32,38)(H,33,35)/t20-,23+,25+/m0/s1. The number of rotatable bonds is 6. The van der Waals surface area contributed by atoms with E-state index in [0.717, 1.165) is 24.3 Å². The molecule has 2 aromatic carbocycles. The Morgan fingerprint density at radius 3 is 2.70 bits per heavy atom. The lowest BCUT2D eigenvalue weighted by Crippen LogP contribution is -2.47. The molecule has 4 aliphatic rings. The summed E-state index contributed by atoms with van der Waals surface area (Å²) in [5, 5.41) is 16.3. The van der Waals surface area contributed by atoms with Crippen LogP contribution in [0.5, 0.6) is 11.6 Å². The number of carbonyl (C=O) groups is 1. The number of amides is 1. The van der Waals surface area contributed by atoms with Crippen molar-refractivity contribution in [3.8, 4) is 11.6 Å². The first kappa shape index (κ1) is 29.5. The van der Waals surface area contributed by atoms with Gasteiger partial charge in [0.25, 0.3) is 11.6 Å². The van der Waals surface area contributed by atoms with E-state index < -0.39 is 38.5 Å². The second kappa shape index (κ2) is 11.1. The number of para-hydroxylation sites is 1. The summed E-state index contributed by atoms with van der Waals surface area (Å²) >= 11 is 0. The Bertz CT molecular complexity index is 2040. The summed E-state index contributed by atoms with van der Waals surface area (Å²) in [5.74, 6) is -0.411. The van der Waals surface area contributed by atoms with Gasteiger partial charge in [0.1, 0.15) is 24.0 Å². The molecule has 15 nitrogen and oxygen atoms in total. The number of primary amides is 1. The van der Waals surface area contributed by atoms with Crippen molar-refractivity contribution in [3.63, 3.8) is 0 Å². The molecule has 0 unspecified atom stereocenters. The molecule has 244 valence electrons. The van der Waals surface area contributed by atoms with Crippen molar-refractivity contribution in [2.45, 2.75) is 40.8 Å². The highest BCUT2D eigenvalue weighted by molar-refractivity contribution is 7.91. The maximum atomic E-state index is 14.6. The van der Waals surface area contributed by atoms with Crippen LogP contribution in [-0.2, 0) is 19.3 Å². The lowest BCUT2D eigenvalue weighted by Gasteiger charge is -2.40. The number of carbonyl (C=O) groups excluding carboxylic acids is 1. The Labute approximate surface area is 268 Å². The molecule has 4 aromatic rings. The summed E-state index contributed by atoms with van der Waals surface area (Å²) in [5.41, 5.74) is 6.46. The molecule has 0 aliphatic carbocycles. The van der Waals surface area contributed by atoms with E-state index in [1.807, 2.05) is 6.07 Å². The third-order valence-corrected chi connectivity index (χ3v) is 11.0. The minimum atomic E-state index is -4.55. The average molecular weight is 663 g/mol. The number of aromatic nitrogens is 2. The summed E-state index contributed by atoms with van der Waals surface area (Å²) < 4.78 is 52.7. The van der Waals surface area contributed by atoms with Crippen LogP contribution in [0.1, 0.15) is 23.2 Å². The van der Waals surface area contributed by atoms with Crippen LogP contribution in [0, 0.1) is 16.0 Å². The number of aromatic amines is 1. The number of hydrogen-bond acceptors (Lipinski definition) is 12. The summed E-state index contributed by atoms with van der Waals surface area (Å²) in [6.07, 6.45) is 2.74. The minimum Gasteiger partial charge on any atom is -0.489 e. The van der Waals surface area contributed by atoms with Crippen LogP contribution in [-0.4, -0.2) is 80.4 Å². The number of H-pyrrole nitrogens is 1. The smallest absolute Gasteiger partial charge is 0.297 e. The van der Waals surface area contributed by atoms with E-state index in [-0.39, 0.29) is 70.1 Å². The van der Waals surface area contributed by atoms with Crippen molar-refractivity contribution in [2.24, 2.45) is 11.7 Å². The molecule has 0 radical (unpaired) electrons. The van der Waals surface area contributed by atoms with Gasteiger partial charge in [-0.25, -0.2) is 8.42 Å². The van der Waals surface area contributed by atoms with Crippen molar-refractivity contribution in [1.82, 2.24) is 9.97 Å². The highest BCUT2D eigenvalue weighted by atomic mass is 32.2. The Hall–Kier alpha value is -4.93. The topological polar surface area (TPSA) is 201 Å². The number of nitrogens with zero attached hydrogens (tertiary/aromatic N) is 3. The minimum absolute atomic E-state index is 0.000680. The monoisotopic (exact) mass is 662 g/mol. The second-order valence-corrected chi connectivity index (χ2v) is 13.9. The Kier molecular flexibility index (Phi) is 6.96. The number of nitro groups is 1. The molecule has 2 saturated heterocycles. The van der Waals surface area contributed by atoms with Crippen LogP contribution in [0.15, 0.2) is 58.5 Å². The molecule has 0 spiro atoms. The first-order valence-electron chi connectivity index (χ1n) is 15.2. The van der Waals surface area contributed by atoms with Gasteiger partial charge in [0.2, 0.25) is 15.7 Å². The zero-order chi connectivity index (χ0) is 32.4. The van der Waals surface area contributed by atoms with Crippen molar-refractivity contribution in [3.05, 3.63) is 64.3 Å². The van der Waals surface area contributed by atoms with E-state index in [2.05, 4.69) is 15.3 Å². The van der Waals surface area contributed by atoms with Gasteiger partial charge in [-0.3, -0.25) is 14.9 Å². The van der Waals surface area contributed by atoms with Gasteiger partial charge in [-0.1, -0.05) is 6.07 Å². The third-order valence-electron chi connectivity index (χ3n) is 9.28. The van der Waals surface area contributed by atoms with Gasteiger partial charge in [0, 0.05) is 36.9 Å². The summed E-state index contributed by atoms with van der Waals surface area (Å²) in [4.78, 5) is 33.4. The zero-order valence-electron chi connectivity index (χ0n) is 24.9. The quantitative estimate of drug-likeness (QED) is 0.201. The molecule has 2 fully saturated rings. The van der Waals surface area contributed by atoms with Crippen molar-refractivity contribution < 1.29 is 37.1 Å². The van der Waals surface area contributed by atoms with Crippen LogP contribution >= 0.6 is 0 Å². The summed E-state index contributed by atoms with van der Waals surface area (Å²) in [6.45, 7) is 1.77. The molecule has 47 heavy (non-hydrogen) atoms. The van der Waals surface area contributed by atoms with Crippen LogP contribution in [0.4, 0.5) is 22.7 Å². The van der Waals surface area contributed by atoms with Gasteiger partial charge in [0.15, 0.2) is 11.4 Å². The largest absolute Gasteiger partial charge is 0.489 e. The number of nitrogens with two attached hydrogens (primary N) is 1. The van der Waals surface area contributed by atoms with E-state index in [4.69, 9.17) is 24.7 Å². The van der Waals surface area contributed by atoms with Gasteiger partial charge < -0.3 is 39.9 Å². The number of sulfone groups is 1. The molecule has 8 rings (SSSR count). The predicted molar refractivity (Wildman–Crippen MR) is 167 cm³/mol. The SMILES string of the molecule is NC(=O)c1cccc(S(=O)(=O)c2cc3c(c([N+](=O)[O-])c2)N[C@H](C2CCOCC2)CO3)c1N1c2cc3cc[nH]c3nc2O[C@@H]2COC[C@H]21. The molecule has 6 heterocycles. The Morgan fingerprint density at radius 2 is 1.91 bits per heavy atom. The maximum absolute atomic E-state index is 14.6. The molecule has 4 aliphatic heterocycles. The van der Waals surface area contributed by atoms with Crippen LogP contribution < -0.4 is 25.4 Å². The van der Waals surface area contributed by atoms with E-state index in [1.165, 1.54) is 24.3 Å². The molecule has 3 atom stereocenters. The van der Waals surface area contributed by atoms with Crippen LogP contribution in [0.2, 0.25) is 0 Å². The molecule has 0 bridgehead atoms. The number of nitro benzene ring substituents is 1. The lowest BCUT2D eigenvalue weighted by atomic mass is 9.91. The van der Waals surface area contributed by atoms with Crippen molar-refractivity contribution >= 4 is 49.5 Å². The Balaban J connectivity index is 1.28. The second-order valence-electron chi connectivity index (χ2n) is 12.0. The highest BCUT2D eigenvalue weighted by Crippen LogP contribution is 2.48. The number of fused-ring (bicyclic) bond motifs is 4. The molecule has 0 saturated carbocycles. The van der Waals surface area contributed by atoms with Gasteiger partial charge in [-0.15, -0.1) is 0 Å². The summed E-state index contributed by atoms with van der Waals surface area (Å²) in [6, 6.07) is 9.37. The Morgan fingerprint density at radius 1 is 1.09 bits per heavy atom. The number of hydrogen-bond donors (Lipinski definition) is 3. The molecule has 1 amide bonds. The molecule has 16 heteroatoms. The number of nitrogens with one attached hydrogen (secondary N) is 2. The zero-order valence-corrected chi connectivity index (χ0v) is 25.7. The first-order valence-corrected chi connectivity index (χ1v) is 16.7. The number of pyridine rings is 1. The van der Waals surface area contributed by atoms with Gasteiger partial charge in [0.05, 0.1) is 51.3 Å². The van der Waals surface area contributed by atoms with Crippen molar-refractivity contribution in [2.75, 3.05) is 43.3 Å². The lowest BCUT2D eigenvalue weighted by molar-refractivity contribution is -0.384. The third kappa shape index (κ3) is 4.82. The average Bonchev–Trinajstić information content (AvgIpc) is 3.74. The number of anilines is 3. The molecular formula is C31H30N6O9S. The van der Waals surface area contributed by atoms with E-state index in [9.17, 15) is 23.3 Å². The summed E-state index contributed by atoms with van der Waals surface area (Å²) in [7, 11) is -4.55. The van der Waals surface area contributed by atoms with Gasteiger partial charge in [-0.05, 0) is 43.0 Å². The fourth-order valence-corrected chi connectivity index (χ4v) is 8.43. The normalized spacial score (nSPS) is 22.4. The van der Waals surface area contributed by atoms with Crippen molar-refractivity contribution in [1.29, 1.82) is 0 Å². The van der Waals surface area contributed by atoms with E-state index in [0.29, 0.717) is 24.5 Å². The van der Waals surface area contributed by atoms with E-state index >= 15 is 0 Å². The predicted octanol–water partition coefficient (Wildman–Crippen LogP) is 3.30. The molecule has 2 aromatic heterocycles. The molecular weight excluding hydrogens is 632 g/mol. The number of ether oxygens (including phenoxy) is 4. The van der Waals surface area contributed by atoms with Crippen LogP contribution in [0.3, 0.4) is 0 Å². The van der Waals surface area contributed by atoms with Gasteiger partial charge >= 0.3 is 0 Å². The fraction of sp³-hybridized carbons (Fsp3) is 0.355. The fourth-order valence-electron chi connectivity index (χ4n) is 6.92. The maximum Gasteiger partial charge on any atom is 0.297 e.